The number of anilines is 1. The quantitative estimate of drug-likeness (QED) is 0.816. The van der Waals surface area contributed by atoms with Crippen molar-refractivity contribution in [2.75, 3.05) is 32.0 Å². The van der Waals surface area contributed by atoms with Crippen LogP contribution in [0.1, 0.15) is 12.8 Å². The molecule has 82 valence electrons. The summed E-state index contributed by atoms with van der Waals surface area (Å²) in [6, 6.07) is 5.98. The number of nitrogens with one attached hydrogen (secondary N) is 1. The summed E-state index contributed by atoms with van der Waals surface area (Å²) in [5.74, 6) is 1.76. The van der Waals surface area contributed by atoms with Gasteiger partial charge in [-0.3, -0.25) is 0 Å². The highest BCUT2D eigenvalue weighted by molar-refractivity contribution is 5.32. The summed E-state index contributed by atoms with van der Waals surface area (Å²) in [6.45, 7) is 3.50. The van der Waals surface area contributed by atoms with E-state index in [1.807, 2.05) is 24.4 Å². The van der Waals surface area contributed by atoms with Crippen LogP contribution in [0.15, 0.2) is 24.4 Å². The molecule has 1 unspecified atom stereocenters. The Morgan fingerprint density at radius 2 is 2.47 bits per heavy atom. The van der Waals surface area contributed by atoms with Gasteiger partial charge in [-0.1, -0.05) is 6.07 Å². The van der Waals surface area contributed by atoms with Crippen LogP contribution in [0.3, 0.4) is 0 Å². The van der Waals surface area contributed by atoms with Crippen molar-refractivity contribution in [1.29, 1.82) is 0 Å². The zero-order valence-corrected chi connectivity index (χ0v) is 9.32. The standard InChI is InChI=1S/C12H19N3/c1-15-8-4-5-11(10-15)9-14-12-6-2-3-7-13-12/h2-3,6-7,11H,4-5,8-10H2,1H3,(H,13,14). The van der Waals surface area contributed by atoms with Crippen molar-refractivity contribution >= 4 is 5.82 Å². The van der Waals surface area contributed by atoms with Gasteiger partial charge in [0, 0.05) is 19.3 Å². The van der Waals surface area contributed by atoms with Gasteiger partial charge < -0.3 is 10.2 Å². The van der Waals surface area contributed by atoms with Crippen LogP contribution in [0.2, 0.25) is 0 Å². The molecule has 0 radical (unpaired) electrons. The van der Waals surface area contributed by atoms with Crippen LogP contribution in [-0.4, -0.2) is 36.6 Å². The van der Waals surface area contributed by atoms with E-state index < -0.39 is 0 Å². The molecule has 0 bridgehead atoms. The van der Waals surface area contributed by atoms with E-state index in [-0.39, 0.29) is 0 Å². The Kier molecular flexibility index (Phi) is 3.56. The molecular weight excluding hydrogens is 186 g/mol. The minimum atomic E-state index is 0.769. The van der Waals surface area contributed by atoms with Crippen LogP contribution in [0, 0.1) is 5.92 Å². The Hall–Kier alpha value is -1.09. The third-order valence-corrected chi connectivity index (χ3v) is 2.96. The zero-order chi connectivity index (χ0) is 10.5. The predicted molar refractivity (Wildman–Crippen MR) is 62.9 cm³/mol. The molecular formula is C12H19N3. The Morgan fingerprint density at radius 1 is 1.53 bits per heavy atom. The van der Waals surface area contributed by atoms with Crippen LogP contribution in [0.25, 0.3) is 0 Å². The van der Waals surface area contributed by atoms with Crippen molar-refractivity contribution in [3.8, 4) is 0 Å². The number of hydrogen-bond donors (Lipinski definition) is 1. The van der Waals surface area contributed by atoms with Gasteiger partial charge in [-0.15, -0.1) is 0 Å². The highest BCUT2D eigenvalue weighted by Gasteiger charge is 2.16. The Morgan fingerprint density at radius 3 is 3.20 bits per heavy atom. The topological polar surface area (TPSA) is 28.2 Å². The van der Waals surface area contributed by atoms with E-state index in [4.69, 9.17) is 0 Å². The first kappa shape index (κ1) is 10.4. The molecule has 1 N–H and O–H groups in total. The van der Waals surface area contributed by atoms with Crippen LogP contribution in [0.5, 0.6) is 0 Å². The van der Waals surface area contributed by atoms with Gasteiger partial charge in [0.25, 0.3) is 0 Å². The van der Waals surface area contributed by atoms with E-state index in [0.29, 0.717) is 0 Å². The van der Waals surface area contributed by atoms with E-state index in [0.717, 1.165) is 18.3 Å². The van der Waals surface area contributed by atoms with Crippen molar-refractivity contribution in [3.63, 3.8) is 0 Å². The van der Waals surface area contributed by atoms with Gasteiger partial charge in [0.15, 0.2) is 0 Å². The van der Waals surface area contributed by atoms with Crippen LogP contribution >= 0.6 is 0 Å². The van der Waals surface area contributed by atoms with Crippen LogP contribution in [-0.2, 0) is 0 Å². The molecule has 2 heterocycles. The minimum Gasteiger partial charge on any atom is -0.370 e. The van der Waals surface area contributed by atoms with Crippen LogP contribution in [0.4, 0.5) is 5.82 Å². The van der Waals surface area contributed by atoms with Gasteiger partial charge in [0.2, 0.25) is 0 Å². The SMILES string of the molecule is CN1CCCC(CNc2ccccn2)C1. The second-order valence-electron chi connectivity index (χ2n) is 4.37. The Labute approximate surface area is 91.5 Å². The Balaban J connectivity index is 1.78. The van der Waals surface area contributed by atoms with E-state index in [2.05, 4.69) is 22.2 Å². The summed E-state index contributed by atoms with van der Waals surface area (Å²) in [6.07, 6.45) is 4.49. The smallest absolute Gasteiger partial charge is 0.125 e. The van der Waals surface area contributed by atoms with Gasteiger partial charge in [-0.2, -0.15) is 0 Å². The van der Waals surface area contributed by atoms with Crippen molar-refractivity contribution < 1.29 is 0 Å². The van der Waals surface area contributed by atoms with E-state index >= 15 is 0 Å². The molecule has 0 saturated carbocycles. The molecule has 1 saturated heterocycles. The third-order valence-electron chi connectivity index (χ3n) is 2.96. The lowest BCUT2D eigenvalue weighted by molar-refractivity contribution is 0.217. The monoisotopic (exact) mass is 205 g/mol. The number of nitrogens with zero attached hydrogens (tertiary/aromatic N) is 2. The van der Waals surface area contributed by atoms with E-state index in [1.54, 1.807) is 0 Å². The first-order valence-electron chi connectivity index (χ1n) is 5.68. The molecule has 0 aliphatic carbocycles. The maximum atomic E-state index is 4.26. The molecule has 0 amide bonds. The molecule has 3 nitrogen and oxygen atoms in total. The van der Waals surface area contributed by atoms with Crippen molar-refractivity contribution in [3.05, 3.63) is 24.4 Å². The lowest BCUT2D eigenvalue weighted by Crippen LogP contribution is -2.35. The van der Waals surface area contributed by atoms with Crippen LogP contribution < -0.4 is 5.32 Å². The van der Waals surface area contributed by atoms with Gasteiger partial charge in [-0.05, 0) is 44.5 Å². The highest BCUT2D eigenvalue weighted by atomic mass is 15.1. The molecule has 1 aliphatic heterocycles. The molecule has 0 spiro atoms. The third kappa shape index (κ3) is 3.20. The molecule has 1 aromatic rings. The van der Waals surface area contributed by atoms with Gasteiger partial charge in [0.1, 0.15) is 5.82 Å². The van der Waals surface area contributed by atoms with E-state index in [9.17, 15) is 0 Å². The average molecular weight is 205 g/mol. The number of aromatic nitrogens is 1. The lowest BCUT2D eigenvalue weighted by atomic mass is 9.98. The summed E-state index contributed by atoms with van der Waals surface area (Å²) >= 11 is 0. The number of pyridine rings is 1. The van der Waals surface area contributed by atoms with Gasteiger partial charge in [0.05, 0.1) is 0 Å². The summed E-state index contributed by atoms with van der Waals surface area (Å²) < 4.78 is 0. The van der Waals surface area contributed by atoms with E-state index in [1.165, 1.54) is 25.9 Å². The van der Waals surface area contributed by atoms with Crippen molar-refractivity contribution in [2.45, 2.75) is 12.8 Å². The summed E-state index contributed by atoms with van der Waals surface area (Å²) in [7, 11) is 2.20. The molecule has 1 atom stereocenters. The lowest BCUT2D eigenvalue weighted by Gasteiger charge is -2.29. The van der Waals surface area contributed by atoms with Gasteiger partial charge in [-0.25, -0.2) is 4.98 Å². The zero-order valence-electron chi connectivity index (χ0n) is 9.32. The molecule has 15 heavy (non-hydrogen) atoms. The molecule has 2 rings (SSSR count). The largest absolute Gasteiger partial charge is 0.370 e. The number of piperidine rings is 1. The number of rotatable bonds is 3. The maximum Gasteiger partial charge on any atom is 0.125 e. The summed E-state index contributed by atoms with van der Waals surface area (Å²) in [5, 5.41) is 3.40. The van der Waals surface area contributed by atoms with Crippen molar-refractivity contribution in [2.24, 2.45) is 5.92 Å². The fourth-order valence-corrected chi connectivity index (χ4v) is 2.16. The summed E-state index contributed by atoms with van der Waals surface area (Å²) in [4.78, 5) is 6.67. The first-order chi connectivity index (χ1) is 7.34. The second kappa shape index (κ2) is 5.12. The molecule has 0 aromatic carbocycles. The highest BCUT2D eigenvalue weighted by Crippen LogP contribution is 2.15. The van der Waals surface area contributed by atoms with Crippen molar-refractivity contribution in [1.82, 2.24) is 9.88 Å². The first-order valence-corrected chi connectivity index (χ1v) is 5.68. The fourth-order valence-electron chi connectivity index (χ4n) is 2.16. The minimum absolute atomic E-state index is 0.769. The van der Waals surface area contributed by atoms with Gasteiger partial charge >= 0.3 is 0 Å². The fraction of sp³-hybridized carbons (Fsp3) is 0.583. The Bertz CT molecular complexity index is 286. The molecule has 1 aromatic heterocycles. The normalized spacial score (nSPS) is 22.6. The summed E-state index contributed by atoms with van der Waals surface area (Å²) in [5.41, 5.74) is 0. The molecule has 1 fully saturated rings. The number of likely N-dealkylation sites (tertiary alicyclic amines) is 1. The average Bonchev–Trinajstić information content (AvgIpc) is 2.28. The number of hydrogen-bond acceptors (Lipinski definition) is 3. The second-order valence-corrected chi connectivity index (χ2v) is 4.37. The molecule has 3 heteroatoms. The molecule has 1 aliphatic rings. The predicted octanol–water partition coefficient (Wildman–Crippen LogP) is 1.84. The maximum absolute atomic E-state index is 4.26.